The smallest absolute Gasteiger partial charge is 0.243 e. The van der Waals surface area contributed by atoms with E-state index in [1.54, 1.807) is 37.9 Å². The average Bonchev–Trinajstić information content (AvgIpc) is 3.14. The van der Waals surface area contributed by atoms with Crippen LogP contribution in [-0.4, -0.2) is 82.2 Å². The molecule has 8 heteroatoms. The normalized spacial score (nSPS) is 17.0. The first-order valence-electron chi connectivity index (χ1n) is 9.17. The lowest BCUT2D eigenvalue weighted by Crippen LogP contribution is -2.45. The van der Waals surface area contributed by atoms with Gasteiger partial charge in [-0.1, -0.05) is 12.1 Å². The largest absolute Gasteiger partial charge is 0.495 e. The van der Waals surface area contributed by atoms with Gasteiger partial charge < -0.3 is 25.2 Å². The molecule has 2 rings (SSSR count). The Morgan fingerprint density at radius 3 is 2.89 bits per heavy atom. The Bertz CT molecular complexity index is 638. The first kappa shape index (κ1) is 21.2. The number of benzene rings is 1. The molecule has 150 valence electrons. The number of methoxy groups -OCH3 is 1. The number of thioether (sulfide) groups is 1. The summed E-state index contributed by atoms with van der Waals surface area (Å²) in [6, 6.07) is 8.35. The fourth-order valence-corrected chi connectivity index (χ4v) is 3.20. The van der Waals surface area contributed by atoms with Gasteiger partial charge in [0.2, 0.25) is 5.91 Å². The number of carbonyl (C=O) groups is 1. The molecule has 1 fully saturated rings. The van der Waals surface area contributed by atoms with Crippen LogP contribution in [-0.2, 0) is 4.79 Å². The third kappa shape index (κ3) is 6.53. The van der Waals surface area contributed by atoms with E-state index in [-0.39, 0.29) is 18.5 Å². The second kappa shape index (κ2) is 10.9. The second-order valence-corrected chi connectivity index (χ2v) is 7.61. The fraction of sp³-hybridized carbons (Fsp3) is 0.579. The summed E-state index contributed by atoms with van der Waals surface area (Å²) in [5.41, 5.74) is 1.11. The van der Waals surface area contributed by atoms with Crippen molar-refractivity contribution < 1.29 is 9.53 Å². The Hall–Kier alpha value is -2.09. The van der Waals surface area contributed by atoms with Crippen LogP contribution in [0.4, 0.5) is 5.69 Å². The van der Waals surface area contributed by atoms with Crippen LogP contribution in [0.2, 0.25) is 0 Å². The van der Waals surface area contributed by atoms with E-state index in [0.29, 0.717) is 5.96 Å². The molecular weight excluding hydrogens is 362 g/mol. The number of nitrogens with one attached hydrogen (secondary N) is 2. The Balaban J connectivity index is 1.98. The van der Waals surface area contributed by atoms with Crippen molar-refractivity contribution in [3.63, 3.8) is 0 Å². The summed E-state index contributed by atoms with van der Waals surface area (Å²) in [7, 11) is 5.19. The lowest BCUT2D eigenvalue weighted by molar-refractivity contribution is -0.127. The number of hydrogen-bond donors (Lipinski definition) is 2. The summed E-state index contributed by atoms with van der Waals surface area (Å²) in [5.74, 6) is 2.57. The minimum absolute atomic E-state index is 0.0111. The maximum Gasteiger partial charge on any atom is 0.243 e. The zero-order valence-electron chi connectivity index (χ0n) is 16.7. The van der Waals surface area contributed by atoms with Crippen LogP contribution < -0.4 is 20.3 Å². The van der Waals surface area contributed by atoms with Crippen molar-refractivity contribution in [3.8, 4) is 5.75 Å². The van der Waals surface area contributed by atoms with E-state index in [9.17, 15) is 4.79 Å². The first-order chi connectivity index (χ1) is 13.0. The predicted molar refractivity (Wildman–Crippen MR) is 114 cm³/mol. The highest BCUT2D eigenvalue weighted by Gasteiger charge is 2.25. The van der Waals surface area contributed by atoms with Gasteiger partial charge in [0, 0.05) is 45.5 Å². The Morgan fingerprint density at radius 1 is 1.41 bits per heavy atom. The first-order valence-corrected chi connectivity index (χ1v) is 10.6. The topological polar surface area (TPSA) is 69.2 Å². The third-order valence-corrected chi connectivity index (χ3v) is 5.04. The molecule has 1 atom stereocenters. The molecule has 1 aromatic rings. The number of hydrogen-bond acceptors (Lipinski definition) is 5. The monoisotopic (exact) mass is 393 g/mol. The number of amides is 1. The SMILES string of the molecule is COc1ccccc1N1CCC(NC(=NCC(=O)N(C)C)NCCSC)C1. The molecule has 0 radical (unpaired) electrons. The van der Waals surface area contributed by atoms with E-state index in [4.69, 9.17) is 4.74 Å². The molecule has 0 saturated carbocycles. The molecule has 7 nitrogen and oxygen atoms in total. The summed E-state index contributed by atoms with van der Waals surface area (Å²) in [4.78, 5) is 20.2. The van der Waals surface area contributed by atoms with Crippen LogP contribution in [0.25, 0.3) is 0 Å². The molecule has 0 aliphatic carbocycles. The van der Waals surface area contributed by atoms with Crippen LogP contribution in [0, 0.1) is 0 Å². The van der Waals surface area contributed by atoms with E-state index in [2.05, 4.69) is 32.8 Å². The number of aliphatic imine (C=N–C) groups is 1. The van der Waals surface area contributed by atoms with E-state index >= 15 is 0 Å². The van der Waals surface area contributed by atoms with Crippen LogP contribution in [0.15, 0.2) is 29.3 Å². The van der Waals surface area contributed by atoms with Crippen molar-refractivity contribution >= 4 is 29.3 Å². The molecule has 2 N–H and O–H groups in total. The van der Waals surface area contributed by atoms with Crippen molar-refractivity contribution in [2.45, 2.75) is 12.5 Å². The Labute approximate surface area is 166 Å². The highest BCUT2D eigenvalue weighted by atomic mass is 32.2. The Morgan fingerprint density at radius 2 is 2.19 bits per heavy atom. The number of carbonyl (C=O) groups excluding carboxylic acids is 1. The van der Waals surface area contributed by atoms with Crippen molar-refractivity contribution in [3.05, 3.63) is 24.3 Å². The zero-order chi connectivity index (χ0) is 19.6. The number of anilines is 1. The molecule has 1 aromatic carbocycles. The maximum absolute atomic E-state index is 11.9. The van der Waals surface area contributed by atoms with Crippen molar-refractivity contribution in [1.82, 2.24) is 15.5 Å². The standard InChI is InChI=1S/C19H31N5O2S/c1-23(2)18(25)13-21-19(20-10-12-27-4)22-15-9-11-24(14-15)16-7-5-6-8-17(16)26-3/h5-8,15H,9-14H2,1-4H3,(H2,20,21,22). The Kier molecular flexibility index (Phi) is 8.57. The molecule has 0 bridgehead atoms. The van der Waals surface area contributed by atoms with Crippen LogP contribution in [0.3, 0.4) is 0 Å². The van der Waals surface area contributed by atoms with Crippen molar-refractivity contribution in [2.24, 2.45) is 4.99 Å². The van der Waals surface area contributed by atoms with Crippen molar-refractivity contribution in [1.29, 1.82) is 0 Å². The molecule has 27 heavy (non-hydrogen) atoms. The van der Waals surface area contributed by atoms with Gasteiger partial charge >= 0.3 is 0 Å². The van der Waals surface area contributed by atoms with Gasteiger partial charge in [-0.3, -0.25) is 4.79 Å². The van der Waals surface area contributed by atoms with Gasteiger partial charge in [0.15, 0.2) is 5.96 Å². The maximum atomic E-state index is 11.9. The molecule has 1 unspecified atom stereocenters. The van der Waals surface area contributed by atoms with Gasteiger partial charge in [-0.2, -0.15) is 11.8 Å². The van der Waals surface area contributed by atoms with Gasteiger partial charge in [-0.05, 0) is 24.8 Å². The lowest BCUT2D eigenvalue weighted by Gasteiger charge is -2.22. The number of ether oxygens (including phenoxy) is 1. The summed E-state index contributed by atoms with van der Waals surface area (Å²) < 4.78 is 5.48. The van der Waals surface area contributed by atoms with Crippen LogP contribution >= 0.6 is 11.8 Å². The molecule has 0 aromatic heterocycles. The van der Waals surface area contributed by atoms with Gasteiger partial charge in [0.25, 0.3) is 0 Å². The van der Waals surface area contributed by atoms with Gasteiger partial charge in [-0.15, -0.1) is 0 Å². The van der Waals surface area contributed by atoms with Crippen molar-refractivity contribution in [2.75, 3.05) is 64.3 Å². The molecular formula is C19H31N5O2S. The summed E-state index contributed by atoms with van der Waals surface area (Å²) in [6.07, 6.45) is 3.08. The van der Waals surface area contributed by atoms with Crippen LogP contribution in [0.1, 0.15) is 6.42 Å². The molecule has 1 aliphatic rings. The summed E-state index contributed by atoms with van der Waals surface area (Å²) in [6.45, 7) is 2.77. The average molecular weight is 394 g/mol. The number of likely N-dealkylation sites (N-methyl/N-ethyl adjacent to an activating group) is 1. The molecule has 1 heterocycles. The van der Waals surface area contributed by atoms with E-state index < -0.39 is 0 Å². The third-order valence-electron chi connectivity index (χ3n) is 4.42. The molecule has 1 amide bonds. The van der Waals surface area contributed by atoms with Gasteiger partial charge in [0.05, 0.1) is 12.8 Å². The van der Waals surface area contributed by atoms with E-state index in [1.807, 2.05) is 18.2 Å². The quantitative estimate of drug-likeness (QED) is 0.394. The van der Waals surface area contributed by atoms with Gasteiger partial charge in [-0.25, -0.2) is 4.99 Å². The lowest BCUT2D eigenvalue weighted by atomic mass is 10.2. The number of para-hydroxylation sites is 2. The predicted octanol–water partition coefficient (Wildman–Crippen LogP) is 1.26. The zero-order valence-corrected chi connectivity index (χ0v) is 17.5. The fourth-order valence-electron chi connectivity index (χ4n) is 2.89. The number of guanidine groups is 1. The van der Waals surface area contributed by atoms with Gasteiger partial charge in [0.1, 0.15) is 12.3 Å². The van der Waals surface area contributed by atoms with E-state index in [1.165, 1.54) is 0 Å². The number of rotatable bonds is 8. The minimum Gasteiger partial charge on any atom is -0.495 e. The molecule has 1 aliphatic heterocycles. The van der Waals surface area contributed by atoms with Crippen LogP contribution in [0.5, 0.6) is 5.75 Å². The second-order valence-electron chi connectivity index (χ2n) is 6.62. The highest BCUT2D eigenvalue weighted by molar-refractivity contribution is 7.98. The minimum atomic E-state index is -0.0111. The summed E-state index contributed by atoms with van der Waals surface area (Å²) in [5, 5.41) is 6.81. The number of nitrogens with zero attached hydrogens (tertiary/aromatic N) is 3. The highest BCUT2D eigenvalue weighted by Crippen LogP contribution is 2.30. The summed E-state index contributed by atoms with van der Waals surface area (Å²) >= 11 is 1.77. The molecule has 0 spiro atoms. The molecule has 1 saturated heterocycles. The van der Waals surface area contributed by atoms with E-state index in [0.717, 1.165) is 43.2 Å².